The fourth-order valence-corrected chi connectivity index (χ4v) is 8.66. The molecule has 8 nitrogen and oxygen atoms in total. The number of nitrogens with zero attached hydrogens (tertiary/aromatic N) is 2. The molecular weight excluding hydrogens is 606 g/mol. The van der Waals surface area contributed by atoms with Gasteiger partial charge in [0.25, 0.3) is 0 Å². The van der Waals surface area contributed by atoms with E-state index in [1.165, 1.54) is 30.6 Å². The molecule has 0 radical (unpaired) electrons. The molecule has 2 fully saturated rings. The number of amides is 1. The van der Waals surface area contributed by atoms with E-state index in [2.05, 4.69) is 11.9 Å². The number of carbonyl (C=O) groups excluding carboxylic acids is 3. The number of sulfone groups is 1. The molecule has 1 aliphatic heterocycles. The van der Waals surface area contributed by atoms with Gasteiger partial charge in [0.2, 0.25) is 5.91 Å². The molecule has 2 heterocycles. The highest BCUT2D eigenvalue weighted by molar-refractivity contribution is 7.91. The van der Waals surface area contributed by atoms with Gasteiger partial charge in [-0.05, 0) is 37.0 Å². The Balaban J connectivity index is 1.41. The molecule has 2 atom stereocenters. The van der Waals surface area contributed by atoms with Gasteiger partial charge in [0.1, 0.15) is 5.78 Å². The number of hydrogen-bond donors (Lipinski definition) is 1. The van der Waals surface area contributed by atoms with Crippen LogP contribution in [-0.4, -0.2) is 73.0 Å². The number of benzene rings is 1. The van der Waals surface area contributed by atoms with E-state index >= 15 is 0 Å². The second-order valence-corrected chi connectivity index (χ2v) is 16.0. The maximum Gasteiger partial charge on any atom is 0.224 e. The van der Waals surface area contributed by atoms with Crippen LogP contribution in [0.1, 0.15) is 76.1 Å². The molecule has 4 rings (SSSR count). The molecule has 43 heavy (non-hydrogen) atoms. The molecule has 1 aromatic heterocycles. The highest BCUT2D eigenvalue weighted by Gasteiger charge is 2.28. The number of ketones is 2. The third-order valence-electron chi connectivity index (χ3n) is 8.71. The van der Waals surface area contributed by atoms with Crippen molar-refractivity contribution in [1.29, 1.82) is 0 Å². The van der Waals surface area contributed by atoms with Gasteiger partial charge in [-0.3, -0.25) is 19.3 Å². The predicted molar refractivity (Wildman–Crippen MR) is 173 cm³/mol. The van der Waals surface area contributed by atoms with Crippen LogP contribution >= 0.6 is 22.9 Å². The number of hydrogen-bond acceptors (Lipinski definition) is 8. The number of nitrogens with one attached hydrogen (secondary N) is 1. The van der Waals surface area contributed by atoms with Crippen LogP contribution in [0.3, 0.4) is 0 Å². The van der Waals surface area contributed by atoms with Gasteiger partial charge in [-0.1, -0.05) is 57.2 Å². The number of thiazole rings is 1. The molecule has 2 aromatic rings. The zero-order valence-corrected chi connectivity index (χ0v) is 27.5. The highest BCUT2D eigenvalue weighted by atomic mass is 35.5. The van der Waals surface area contributed by atoms with Gasteiger partial charge in [-0.15, -0.1) is 11.3 Å². The number of halogens is 1. The smallest absolute Gasteiger partial charge is 0.224 e. The van der Waals surface area contributed by atoms with Crippen LogP contribution < -0.4 is 5.32 Å². The number of fused-ring (bicyclic) bond motifs is 1. The zero-order valence-electron chi connectivity index (χ0n) is 25.1. The van der Waals surface area contributed by atoms with Crippen LogP contribution in [0.15, 0.2) is 30.4 Å². The Kier molecular flexibility index (Phi) is 12.3. The molecule has 0 bridgehead atoms. The summed E-state index contributed by atoms with van der Waals surface area (Å²) in [5, 5.41) is 4.67. The van der Waals surface area contributed by atoms with Crippen LogP contribution in [0.25, 0.3) is 10.2 Å². The molecule has 1 amide bonds. The summed E-state index contributed by atoms with van der Waals surface area (Å²) in [6, 6.07) is 5.34. The number of Topliss-reactive ketones (excluding diaryl/α,β-unsaturated/α-hetero) is 2. The van der Waals surface area contributed by atoms with E-state index in [9.17, 15) is 22.8 Å². The first-order chi connectivity index (χ1) is 20.5. The van der Waals surface area contributed by atoms with Crippen molar-refractivity contribution in [2.24, 2.45) is 11.8 Å². The summed E-state index contributed by atoms with van der Waals surface area (Å²) >= 11 is 7.65. The average molecular weight is 650 g/mol. The second-order valence-electron chi connectivity index (χ2n) is 12.2. The molecule has 11 heteroatoms. The lowest BCUT2D eigenvalue weighted by molar-refractivity contribution is -0.130. The third kappa shape index (κ3) is 10.5. The maximum absolute atomic E-state index is 13.7. The first-order valence-corrected chi connectivity index (χ1v) is 18.5. The zero-order chi connectivity index (χ0) is 31.0. The van der Waals surface area contributed by atoms with Crippen LogP contribution in [-0.2, 0) is 30.6 Å². The van der Waals surface area contributed by atoms with Crippen molar-refractivity contribution in [3.63, 3.8) is 0 Å². The van der Waals surface area contributed by atoms with Crippen molar-refractivity contribution in [2.75, 3.05) is 31.1 Å². The number of rotatable bonds is 15. The van der Waals surface area contributed by atoms with E-state index in [-0.39, 0.29) is 47.9 Å². The lowest BCUT2D eigenvalue weighted by atomic mass is 9.83. The van der Waals surface area contributed by atoms with Crippen LogP contribution in [0.5, 0.6) is 0 Å². The molecule has 1 aromatic carbocycles. The minimum absolute atomic E-state index is 0.0325. The van der Waals surface area contributed by atoms with Gasteiger partial charge in [0, 0.05) is 62.0 Å². The summed E-state index contributed by atoms with van der Waals surface area (Å²) in [6.07, 6.45) is 8.30. The van der Waals surface area contributed by atoms with E-state index < -0.39 is 15.8 Å². The first kappa shape index (κ1) is 33.7. The Morgan fingerprint density at radius 1 is 1.16 bits per heavy atom. The molecule has 1 N–H and O–H groups in total. The lowest BCUT2D eigenvalue weighted by Gasteiger charge is -2.29. The number of aromatic nitrogens is 1. The van der Waals surface area contributed by atoms with Crippen LogP contribution in [0.2, 0.25) is 5.02 Å². The molecule has 0 spiro atoms. The second kappa shape index (κ2) is 15.7. The van der Waals surface area contributed by atoms with Crippen LogP contribution in [0.4, 0.5) is 0 Å². The Morgan fingerprint density at radius 2 is 1.88 bits per heavy atom. The van der Waals surface area contributed by atoms with Crippen molar-refractivity contribution in [3.8, 4) is 0 Å². The summed E-state index contributed by atoms with van der Waals surface area (Å²) < 4.78 is 24.4. The first-order valence-electron chi connectivity index (χ1n) is 15.5. The summed E-state index contributed by atoms with van der Waals surface area (Å²) in [6.45, 7) is 7.00. The fraction of sp³-hybridized carbons (Fsp3) is 0.625. The number of carbonyl (C=O) groups is 3. The lowest BCUT2D eigenvalue weighted by Crippen LogP contribution is -2.42. The quantitative estimate of drug-likeness (QED) is 0.251. The largest absolute Gasteiger partial charge is 0.353 e. The predicted octanol–water partition coefficient (Wildman–Crippen LogP) is 5.57. The Morgan fingerprint density at radius 3 is 2.58 bits per heavy atom. The summed E-state index contributed by atoms with van der Waals surface area (Å²) in [7, 11) is -2.99. The Hall–Kier alpha value is -2.14. The molecule has 0 unspecified atom stereocenters. The third-order valence-corrected chi connectivity index (χ3v) is 11.6. The summed E-state index contributed by atoms with van der Waals surface area (Å²) in [5.41, 5.74) is 1.30. The van der Waals surface area contributed by atoms with E-state index in [1.54, 1.807) is 6.07 Å². The van der Waals surface area contributed by atoms with E-state index in [0.29, 0.717) is 55.4 Å². The van der Waals surface area contributed by atoms with Gasteiger partial charge in [-0.25, -0.2) is 13.4 Å². The van der Waals surface area contributed by atoms with Crippen molar-refractivity contribution in [2.45, 2.75) is 83.6 Å². The highest BCUT2D eigenvalue weighted by Crippen LogP contribution is 2.30. The summed E-state index contributed by atoms with van der Waals surface area (Å²) in [4.78, 5) is 46.0. The van der Waals surface area contributed by atoms with Crippen molar-refractivity contribution < 1.29 is 22.8 Å². The summed E-state index contributed by atoms with van der Waals surface area (Å²) in [5.74, 6) is -0.0175. The minimum Gasteiger partial charge on any atom is -0.353 e. The molecular formula is C32H44ClN3O5S2. The van der Waals surface area contributed by atoms with E-state index in [4.69, 9.17) is 16.6 Å². The van der Waals surface area contributed by atoms with Crippen molar-refractivity contribution in [3.05, 3.63) is 40.4 Å². The molecule has 1 saturated heterocycles. The van der Waals surface area contributed by atoms with Crippen molar-refractivity contribution >= 4 is 60.5 Å². The van der Waals surface area contributed by atoms with Gasteiger partial charge in [0.05, 0.1) is 32.6 Å². The maximum atomic E-state index is 13.7. The van der Waals surface area contributed by atoms with E-state index in [0.717, 1.165) is 34.5 Å². The van der Waals surface area contributed by atoms with Gasteiger partial charge in [0.15, 0.2) is 15.6 Å². The van der Waals surface area contributed by atoms with Gasteiger partial charge in [-0.2, -0.15) is 0 Å². The molecule has 2 aliphatic rings. The normalized spacial score (nSPS) is 19.1. The SMILES string of the molecule is C=C(CN1CCS(=O)(=O)CC1)C(=O)CC[C@H](CC1CCCCC1)NC(=O)[C@@H](CC(=O)CC)Cc1nc2ccc(Cl)cc2s1. The fourth-order valence-electron chi connectivity index (χ4n) is 6.06. The topological polar surface area (TPSA) is 114 Å². The molecule has 1 saturated carbocycles. The van der Waals surface area contributed by atoms with E-state index in [1.807, 2.05) is 24.0 Å². The van der Waals surface area contributed by atoms with Crippen LogP contribution in [0, 0.1) is 11.8 Å². The van der Waals surface area contributed by atoms with Crippen molar-refractivity contribution in [1.82, 2.24) is 15.2 Å². The standard InChI is InChI=1S/C32H44ClN3O5S2/c1-3-27(37)18-24(19-31-35-28-11-9-25(33)20-30(28)42-31)32(39)34-26(17-23-7-5-4-6-8-23)10-12-29(38)22(2)21-36-13-15-43(40,41)16-14-36/h9,11,20,23-24,26H,2-8,10,12-19,21H2,1H3,(H,34,39)/t24-,26+/m0/s1. The van der Waals surface area contributed by atoms with Gasteiger partial charge >= 0.3 is 0 Å². The molecule has 1 aliphatic carbocycles. The average Bonchev–Trinajstić information content (AvgIpc) is 3.38. The Labute approximate surface area is 264 Å². The molecule has 236 valence electrons. The Bertz CT molecular complexity index is 1400. The monoisotopic (exact) mass is 649 g/mol. The van der Waals surface area contributed by atoms with Gasteiger partial charge < -0.3 is 5.32 Å². The minimum atomic E-state index is -2.99.